The molecular weight excluding hydrogens is 398 g/mol. The predicted octanol–water partition coefficient (Wildman–Crippen LogP) is 3.26. The maximum Gasteiger partial charge on any atom is 0.427 e. The predicted molar refractivity (Wildman–Crippen MR) is 87.1 cm³/mol. The molecule has 0 atom stereocenters. The Morgan fingerprint density at radius 1 is 1.35 bits per heavy atom. The van der Waals surface area contributed by atoms with Crippen molar-refractivity contribution in [3.63, 3.8) is 0 Å². The van der Waals surface area contributed by atoms with Crippen molar-refractivity contribution >= 4 is 33.8 Å². The van der Waals surface area contributed by atoms with E-state index in [4.69, 9.17) is 17.3 Å². The summed E-state index contributed by atoms with van der Waals surface area (Å²) in [5, 5.41) is -0.133. The van der Waals surface area contributed by atoms with E-state index in [1.807, 2.05) is 0 Å². The molecule has 1 aromatic carbocycles. The van der Waals surface area contributed by atoms with Gasteiger partial charge in [-0.3, -0.25) is 9.59 Å². The second kappa shape index (κ2) is 6.36. The van der Waals surface area contributed by atoms with E-state index < -0.39 is 34.0 Å². The number of amides is 1. The van der Waals surface area contributed by atoms with E-state index in [0.29, 0.717) is 4.40 Å². The molecule has 0 fully saturated rings. The monoisotopic (exact) mass is 405 g/mol. The molecule has 3 rings (SSSR count). The topological polar surface area (TPSA) is 77.5 Å². The molecule has 3 aromatic rings. The lowest BCUT2D eigenvalue weighted by Gasteiger charge is -2.05. The molecule has 0 unspecified atom stereocenters. The van der Waals surface area contributed by atoms with Crippen LogP contribution in [0.1, 0.15) is 26.6 Å². The fraction of sp³-hybridized carbons (Fsp3) is 0.133. The summed E-state index contributed by atoms with van der Waals surface area (Å²) >= 11 is 5.79. The standard InChI is InChI=1S/C15H8ClF4N3O2S/c16-8-3-1-2-6(10(8)17)4-7-5-9(24)23-11(13(21)25)12(15(18,19)20)26-14(23)22-7/h1-3,5H,4H2,(H2,21,25). The largest absolute Gasteiger partial charge is 0.427 e. The number of carbonyl (C=O) groups excluding carboxylic acids is 1. The minimum absolute atomic E-state index is 0.0298. The molecule has 0 saturated carbocycles. The summed E-state index contributed by atoms with van der Waals surface area (Å²) in [5.41, 5.74) is 3.26. The quantitative estimate of drug-likeness (QED) is 0.679. The number of benzene rings is 1. The van der Waals surface area contributed by atoms with E-state index in [-0.39, 0.29) is 39.0 Å². The molecule has 5 nitrogen and oxygen atoms in total. The summed E-state index contributed by atoms with van der Waals surface area (Å²) in [4.78, 5) is 25.9. The van der Waals surface area contributed by atoms with Crippen LogP contribution in [0.5, 0.6) is 0 Å². The van der Waals surface area contributed by atoms with E-state index in [9.17, 15) is 27.2 Å². The number of carbonyl (C=O) groups is 1. The highest BCUT2D eigenvalue weighted by atomic mass is 35.5. The van der Waals surface area contributed by atoms with Crippen LogP contribution in [0.2, 0.25) is 5.02 Å². The van der Waals surface area contributed by atoms with Crippen LogP contribution in [0, 0.1) is 5.82 Å². The number of fused-ring (bicyclic) bond motifs is 1. The van der Waals surface area contributed by atoms with Gasteiger partial charge < -0.3 is 5.73 Å². The zero-order valence-corrected chi connectivity index (χ0v) is 14.2. The SMILES string of the molecule is NC(=O)c1c(C(F)(F)F)sc2nc(Cc3cccc(Cl)c3F)cc(=O)n12. The van der Waals surface area contributed by atoms with Crippen molar-refractivity contribution in [2.75, 3.05) is 0 Å². The zero-order valence-electron chi connectivity index (χ0n) is 12.6. The number of rotatable bonds is 3. The number of alkyl halides is 3. The molecule has 0 aliphatic heterocycles. The molecule has 136 valence electrons. The van der Waals surface area contributed by atoms with Crippen LogP contribution >= 0.6 is 22.9 Å². The summed E-state index contributed by atoms with van der Waals surface area (Å²) in [6, 6.07) is 5.16. The summed E-state index contributed by atoms with van der Waals surface area (Å²) < 4.78 is 53.8. The smallest absolute Gasteiger partial charge is 0.364 e. The molecule has 0 aliphatic carbocycles. The van der Waals surface area contributed by atoms with Crippen LogP contribution < -0.4 is 11.3 Å². The summed E-state index contributed by atoms with van der Waals surface area (Å²) in [5.74, 6) is -2.11. The minimum atomic E-state index is -4.88. The third kappa shape index (κ3) is 3.17. The Kier molecular flexibility index (Phi) is 4.49. The number of aromatic nitrogens is 2. The van der Waals surface area contributed by atoms with Crippen LogP contribution in [0.25, 0.3) is 4.96 Å². The number of thiazole rings is 1. The van der Waals surface area contributed by atoms with Gasteiger partial charge in [-0.15, -0.1) is 0 Å². The van der Waals surface area contributed by atoms with Gasteiger partial charge >= 0.3 is 6.18 Å². The first-order valence-corrected chi connectivity index (χ1v) is 8.14. The first-order valence-electron chi connectivity index (χ1n) is 6.95. The van der Waals surface area contributed by atoms with E-state index in [1.165, 1.54) is 18.2 Å². The molecule has 2 heterocycles. The maximum atomic E-state index is 14.0. The molecule has 2 aromatic heterocycles. The van der Waals surface area contributed by atoms with Gasteiger partial charge in [0.25, 0.3) is 11.5 Å². The van der Waals surface area contributed by atoms with Crippen LogP contribution in [0.4, 0.5) is 17.6 Å². The van der Waals surface area contributed by atoms with Crippen molar-refractivity contribution < 1.29 is 22.4 Å². The molecule has 0 radical (unpaired) electrons. The minimum Gasteiger partial charge on any atom is -0.364 e. The second-order valence-corrected chi connectivity index (χ2v) is 6.62. The third-order valence-corrected chi connectivity index (χ3v) is 4.84. The molecule has 0 spiro atoms. The average molecular weight is 406 g/mol. The molecule has 0 saturated heterocycles. The Labute approximate surface area is 151 Å². The Hall–Kier alpha value is -2.46. The lowest BCUT2D eigenvalue weighted by atomic mass is 10.1. The number of hydrogen-bond donors (Lipinski definition) is 1. The van der Waals surface area contributed by atoms with Crippen molar-refractivity contribution in [2.24, 2.45) is 5.73 Å². The number of hydrogen-bond acceptors (Lipinski definition) is 4. The molecule has 1 amide bonds. The van der Waals surface area contributed by atoms with Gasteiger partial charge in [0.2, 0.25) is 0 Å². The van der Waals surface area contributed by atoms with Gasteiger partial charge in [0, 0.05) is 12.5 Å². The van der Waals surface area contributed by atoms with Gasteiger partial charge in [-0.1, -0.05) is 35.1 Å². The van der Waals surface area contributed by atoms with Gasteiger partial charge in [-0.25, -0.2) is 13.8 Å². The first-order chi connectivity index (χ1) is 12.1. The Balaban J connectivity index is 2.19. The highest BCUT2D eigenvalue weighted by Gasteiger charge is 2.39. The number of nitrogens with zero attached hydrogens (tertiary/aromatic N) is 2. The Morgan fingerprint density at radius 2 is 2.04 bits per heavy atom. The molecule has 2 N–H and O–H groups in total. The van der Waals surface area contributed by atoms with Crippen LogP contribution in [0.3, 0.4) is 0 Å². The van der Waals surface area contributed by atoms with Gasteiger partial charge in [-0.05, 0) is 11.6 Å². The molecule has 0 aliphatic rings. The average Bonchev–Trinajstić information content (AvgIpc) is 2.92. The number of nitrogens with two attached hydrogens (primary N) is 1. The fourth-order valence-corrected chi connectivity index (χ4v) is 3.62. The Bertz CT molecular complexity index is 1090. The normalized spacial score (nSPS) is 11.9. The van der Waals surface area contributed by atoms with E-state index in [1.54, 1.807) is 0 Å². The number of halogens is 5. The van der Waals surface area contributed by atoms with Crippen LogP contribution in [-0.4, -0.2) is 15.3 Å². The molecule has 26 heavy (non-hydrogen) atoms. The highest BCUT2D eigenvalue weighted by molar-refractivity contribution is 7.17. The summed E-state index contributed by atoms with van der Waals surface area (Å²) in [7, 11) is 0. The highest BCUT2D eigenvalue weighted by Crippen LogP contribution is 2.37. The van der Waals surface area contributed by atoms with Gasteiger partial charge in [0.1, 0.15) is 16.4 Å². The lowest BCUT2D eigenvalue weighted by molar-refractivity contribution is -0.134. The fourth-order valence-electron chi connectivity index (χ4n) is 2.41. The maximum absolute atomic E-state index is 14.0. The van der Waals surface area contributed by atoms with Gasteiger partial charge in [0.05, 0.1) is 10.7 Å². The zero-order chi connectivity index (χ0) is 19.2. The third-order valence-electron chi connectivity index (χ3n) is 3.47. The molecular formula is C15H8ClF4N3O2S. The molecule has 11 heteroatoms. The molecule has 0 bridgehead atoms. The van der Waals surface area contributed by atoms with E-state index in [2.05, 4.69) is 4.98 Å². The number of primary amides is 1. The van der Waals surface area contributed by atoms with Gasteiger partial charge in [-0.2, -0.15) is 13.2 Å². The van der Waals surface area contributed by atoms with Crippen LogP contribution in [-0.2, 0) is 12.6 Å². The van der Waals surface area contributed by atoms with Gasteiger partial charge in [0.15, 0.2) is 4.96 Å². The summed E-state index contributed by atoms with van der Waals surface area (Å²) in [6.45, 7) is 0. The van der Waals surface area contributed by atoms with Crippen molar-refractivity contribution in [3.05, 3.63) is 67.3 Å². The Morgan fingerprint density at radius 3 is 2.65 bits per heavy atom. The van der Waals surface area contributed by atoms with Crippen molar-refractivity contribution in [2.45, 2.75) is 12.6 Å². The van der Waals surface area contributed by atoms with E-state index >= 15 is 0 Å². The second-order valence-electron chi connectivity index (χ2n) is 5.24. The van der Waals surface area contributed by atoms with Crippen molar-refractivity contribution in [3.8, 4) is 0 Å². The van der Waals surface area contributed by atoms with Crippen LogP contribution in [0.15, 0.2) is 29.1 Å². The summed E-state index contributed by atoms with van der Waals surface area (Å²) in [6.07, 6.45) is -5.04. The van der Waals surface area contributed by atoms with E-state index in [0.717, 1.165) is 6.07 Å². The lowest BCUT2D eigenvalue weighted by Crippen LogP contribution is -2.25. The van der Waals surface area contributed by atoms with Crippen molar-refractivity contribution in [1.82, 2.24) is 9.38 Å². The first kappa shape index (κ1) is 18.3. The van der Waals surface area contributed by atoms with Crippen molar-refractivity contribution in [1.29, 1.82) is 0 Å².